The Morgan fingerprint density at radius 3 is 2.87 bits per heavy atom. The van der Waals surface area contributed by atoms with Crippen LogP contribution in [0.15, 0.2) is 69.3 Å². The van der Waals surface area contributed by atoms with Crippen LogP contribution in [0.25, 0.3) is 22.1 Å². The maximum absolute atomic E-state index is 13.4. The molecular formula is C23H19BrN4O2S. The van der Waals surface area contributed by atoms with Crippen molar-refractivity contribution in [2.75, 3.05) is 7.05 Å². The molecule has 2 atom stereocenters. The van der Waals surface area contributed by atoms with Gasteiger partial charge in [0.15, 0.2) is 5.96 Å². The summed E-state index contributed by atoms with van der Waals surface area (Å²) in [6, 6.07) is 11.8. The molecule has 1 amide bonds. The van der Waals surface area contributed by atoms with Gasteiger partial charge in [0.1, 0.15) is 5.58 Å². The molecule has 4 heterocycles. The molecule has 0 unspecified atom stereocenters. The van der Waals surface area contributed by atoms with Crippen LogP contribution in [0.4, 0.5) is 0 Å². The maximum Gasteiger partial charge on any atom is 0.239 e. The summed E-state index contributed by atoms with van der Waals surface area (Å²) in [6.45, 7) is 1.98. The normalized spacial score (nSPS) is 21.5. The first-order valence-electron chi connectivity index (χ1n) is 9.68. The molecule has 8 heteroatoms. The average Bonchev–Trinajstić information content (AvgIpc) is 3.42. The molecule has 1 aliphatic rings. The van der Waals surface area contributed by atoms with Crippen molar-refractivity contribution in [2.24, 2.45) is 0 Å². The molecule has 5 rings (SSSR count). The summed E-state index contributed by atoms with van der Waals surface area (Å²) in [6.07, 6.45) is 5.21. The molecule has 6 nitrogen and oxygen atoms in total. The van der Waals surface area contributed by atoms with Crippen molar-refractivity contribution in [1.82, 2.24) is 15.2 Å². The SMILES string of the molecule is CN1C(=N)N[C@](C)(c2cc(-c3cncc(Br)c3)cs2)[C@@H](c2ccc3ccoc3c2)C1=O. The Hall–Kier alpha value is -2.97. The van der Waals surface area contributed by atoms with E-state index in [1.807, 2.05) is 43.5 Å². The number of guanidine groups is 1. The van der Waals surface area contributed by atoms with E-state index in [0.29, 0.717) is 0 Å². The standard InChI is InChI=1S/C23H19BrN4O2S/c1-23(19-9-16(12-31-19)15-7-17(24)11-26-10-15)20(21(29)28(2)22(25)27-23)14-4-3-13-5-6-30-18(13)8-14/h3-12,20H,1-2H3,(H2,25,27)/t20-,23+/m0/s1. The lowest BCUT2D eigenvalue weighted by molar-refractivity contribution is -0.131. The van der Waals surface area contributed by atoms with Crippen LogP contribution >= 0.6 is 27.3 Å². The number of carbonyl (C=O) groups is 1. The van der Waals surface area contributed by atoms with Gasteiger partial charge >= 0.3 is 0 Å². The van der Waals surface area contributed by atoms with Gasteiger partial charge < -0.3 is 9.73 Å². The van der Waals surface area contributed by atoms with E-state index >= 15 is 0 Å². The van der Waals surface area contributed by atoms with Crippen molar-refractivity contribution < 1.29 is 9.21 Å². The Kier molecular flexibility index (Phi) is 4.71. The lowest BCUT2D eigenvalue weighted by Gasteiger charge is -2.45. The zero-order valence-electron chi connectivity index (χ0n) is 16.8. The molecule has 1 fully saturated rings. The summed E-state index contributed by atoms with van der Waals surface area (Å²) in [5.41, 5.74) is 2.81. The van der Waals surface area contributed by atoms with Crippen LogP contribution in [-0.4, -0.2) is 28.8 Å². The zero-order valence-corrected chi connectivity index (χ0v) is 19.3. The molecule has 156 valence electrons. The molecule has 0 bridgehead atoms. The predicted octanol–water partition coefficient (Wildman–Crippen LogP) is 5.31. The second-order valence-electron chi connectivity index (χ2n) is 7.82. The quantitative estimate of drug-likeness (QED) is 0.404. The molecule has 2 N–H and O–H groups in total. The number of nitrogens with zero attached hydrogens (tertiary/aromatic N) is 2. The molecule has 4 aromatic rings. The number of nitrogens with one attached hydrogen (secondary N) is 2. The Labute approximate surface area is 191 Å². The van der Waals surface area contributed by atoms with Crippen LogP contribution in [-0.2, 0) is 10.3 Å². The van der Waals surface area contributed by atoms with Crippen LogP contribution in [0.5, 0.6) is 0 Å². The van der Waals surface area contributed by atoms with Gasteiger partial charge in [-0.3, -0.25) is 20.1 Å². The van der Waals surface area contributed by atoms with E-state index in [-0.39, 0.29) is 11.9 Å². The van der Waals surface area contributed by atoms with E-state index in [0.717, 1.165) is 37.0 Å². The fourth-order valence-corrected chi connectivity index (χ4v) is 5.54. The van der Waals surface area contributed by atoms with Gasteiger partial charge in [-0.25, -0.2) is 0 Å². The lowest BCUT2D eigenvalue weighted by Crippen LogP contribution is -2.62. The van der Waals surface area contributed by atoms with E-state index in [9.17, 15) is 4.79 Å². The fraction of sp³-hybridized carbons (Fsp3) is 0.174. The van der Waals surface area contributed by atoms with E-state index in [1.54, 1.807) is 30.8 Å². The topological polar surface area (TPSA) is 82.2 Å². The second-order valence-corrected chi connectivity index (χ2v) is 9.64. The highest BCUT2D eigenvalue weighted by Crippen LogP contribution is 2.44. The molecule has 0 spiro atoms. The largest absolute Gasteiger partial charge is 0.464 e. The number of fused-ring (bicyclic) bond motifs is 1. The Morgan fingerprint density at radius 2 is 2.06 bits per heavy atom. The van der Waals surface area contributed by atoms with Crippen molar-refractivity contribution in [2.45, 2.75) is 18.4 Å². The van der Waals surface area contributed by atoms with Gasteiger partial charge in [-0.05, 0) is 63.6 Å². The Balaban J connectivity index is 1.63. The van der Waals surface area contributed by atoms with E-state index in [4.69, 9.17) is 9.83 Å². The van der Waals surface area contributed by atoms with Gasteiger partial charge in [0.2, 0.25) is 5.91 Å². The zero-order chi connectivity index (χ0) is 21.8. The Morgan fingerprint density at radius 1 is 1.23 bits per heavy atom. The molecule has 0 aliphatic carbocycles. The predicted molar refractivity (Wildman–Crippen MR) is 125 cm³/mol. The molecule has 0 saturated carbocycles. The van der Waals surface area contributed by atoms with Gasteiger partial charge in [0.25, 0.3) is 0 Å². The van der Waals surface area contributed by atoms with Crippen LogP contribution in [0.3, 0.4) is 0 Å². The lowest BCUT2D eigenvalue weighted by atomic mass is 9.76. The summed E-state index contributed by atoms with van der Waals surface area (Å²) >= 11 is 5.04. The van der Waals surface area contributed by atoms with Gasteiger partial charge in [-0.15, -0.1) is 11.3 Å². The highest BCUT2D eigenvalue weighted by atomic mass is 79.9. The number of carbonyl (C=O) groups excluding carboxylic acids is 1. The molecule has 1 saturated heterocycles. The van der Waals surface area contributed by atoms with Crippen molar-refractivity contribution in [3.63, 3.8) is 0 Å². The smallest absolute Gasteiger partial charge is 0.239 e. The van der Waals surface area contributed by atoms with Gasteiger partial charge in [-0.2, -0.15) is 0 Å². The Bertz CT molecular complexity index is 1330. The molecule has 1 aliphatic heterocycles. The van der Waals surface area contributed by atoms with E-state index in [2.05, 4.69) is 37.7 Å². The third-order valence-corrected chi connectivity index (χ3v) is 7.43. The first kappa shape index (κ1) is 20.0. The first-order valence-corrected chi connectivity index (χ1v) is 11.4. The highest BCUT2D eigenvalue weighted by molar-refractivity contribution is 9.10. The van der Waals surface area contributed by atoms with Crippen LogP contribution in [0.2, 0.25) is 0 Å². The summed E-state index contributed by atoms with van der Waals surface area (Å²) in [5, 5.41) is 14.7. The molecular weight excluding hydrogens is 476 g/mol. The van der Waals surface area contributed by atoms with Crippen molar-refractivity contribution in [1.29, 1.82) is 5.41 Å². The number of amides is 1. The number of hydrogen-bond donors (Lipinski definition) is 2. The number of furan rings is 1. The monoisotopic (exact) mass is 494 g/mol. The molecule has 3 aromatic heterocycles. The number of benzene rings is 1. The minimum atomic E-state index is -0.788. The molecule has 31 heavy (non-hydrogen) atoms. The van der Waals surface area contributed by atoms with E-state index < -0.39 is 11.5 Å². The maximum atomic E-state index is 13.4. The van der Waals surface area contributed by atoms with Gasteiger partial charge in [0.05, 0.1) is 17.7 Å². The minimum Gasteiger partial charge on any atom is -0.464 e. The van der Waals surface area contributed by atoms with Crippen LogP contribution in [0, 0.1) is 5.41 Å². The fourth-order valence-electron chi connectivity index (χ4n) is 4.11. The van der Waals surface area contributed by atoms with Gasteiger partial charge in [-0.1, -0.05) is 12.1 Å². The van der Waals surface area contributed by atoms with Crippen molar-refractivity contribution >= 4 is 50.1 Å². The number of likely N-dealkylation sites (N-methyl/N-ethyl adjacent to an activating group) is 1. The second kappa shape index (κ2) is 7.32. The van der Waals surface area contributed by atoms with Gasteiger partial charge in [0, 0.05) is 39.7 Å². The summed E-state index contributed by atoms with van der Waals surface area (Å²) in [7, 11) is 1.63. The number of hydrogen-bond acceptors (Lipinski definition) is 5. The van der Waals surface area contributed by atoms with E-state index in [1.165, 1.54) is 4.90 Å². The molecule has 1 aromatic carbocycles. The third-order valence-electron chi connectivity index (χ3n) is 5.83. The number of thiophene rings is 1. The summed E-state index contributed by atoms with van der Waals surface area (Å²) < 4.78 is 6.49. The first-order chi connectivity index (χ1) is 14.9. The molecule has 0 radical (unpaired) electrons. The summed E-state index contributed by atoms with van der Waals surface area (Å²) in [5.74, 6) is -0.564. The minimum absolute atomic E-state index is 0.0851. The number of halogens is 1. The summed E-state index contributed by atoms with van der Waals surface area (Å²) in [4.78, 5) is 20.0. The van der Waals surface area contributed by atoms with Crippen molar-refractivity contribution in [3.8, 4) is 11.1 Å². The average molecular weight is 495 g/mol. The highest BCUT2D eigenvalue weighted by Gasteiger charge is 2.49. The number of rotatable bonds is 3. The number of aromatic nitrogens is 1. The van der Waals surface area contributed by atoms with Crippen LogP contribution < -0.4 is 5.32 Å². The number of pyridine rings is 1. The van der Waals surface area contributed by atoms with Crippen LogP contribution in [0.1, 0.15) is 23.3 Å². The van der Waals surface area contributed by atoms with Crippen molar-refractivity contribution in [3.05, 3.63) is 75.3 Å². The third kappa shape index (κ3) is 3.26.